The highest BCUT2D eigenvalue weighted by Crippen LogP contribution is 2.36. The molecule has 190 valence electrons. The van der Waals surface area contributed by atoms with Crippen molar-refractivity contribution in [3.05, 3.63) is 83.3 Å². The molecule has 2 aliphatic rings. The van der Waals surface area contributed by atoms with Crippen molar-refractivity contribution < 1.29 is 18.6 Å². The van der Waals surface area contributed by atoms with Crippen LogP contribution in [0.25, 0.3) is 21.9 Å². The predicted molar refractivity (Wildman–Crippen MR) is 135 cm³/mol. The van der Waals surface area contributed by atoms with E-state index in [-0.39, 0.29) is 24.2 Å². The van der Waals surface area contributed by atoms with Gasteiger partial charge in [-0.2, -0.15) is 0 Å². The van der Waals surface area contributed by atoms with Crippen LogP contribution in [-0.4, -0.2) is 33.4 Å². The van der Waals surface area contributed by atoms with Crippen molar-refractivity contribution >= 4 is 33.5 Å². The quantitative estimate of drug-likeness (QED) is 0.237. The van der Waals surface area contributed by atoms with Crippen LogP contribution >= 0.6 is 0 Å². The summed E-state index contributed by atoms with van der Waals surface area (Å²) in [5.74, 6) is -0.275. The van der Waals surface area contributed by atoms with Crippen molar-refractivity contribution in [3.63, 3.8) is 0 Å². The molecular weight excluding hydrogens is 478 g/mol. The minimum atomic E-state index is -0.659. The van der Waals surface area contributed by atoms with E-state index < -0.39 is 21.8 Å². The molecule has 0 spiro atoms. The molecule has 1 aromatic carbocycles. The van der Waals surface area contributed by atoms with Gasteiger partial charge in [0.25, 0.3) is 0 Å². The molecule has 1 fully saturated rings. The highest BCUT2D eigenvalue weighted by molar-refractivity contribution is 6.00. The largest absolute Gasteiger partial charge is 0.464 e. The van der Waals surface area contributed by atoms with Crippen LogP contribution in [-0.2, 0) is 17.8 Å². The fourth-order valence-corrected chi connectivity index (χ4v) is 6.06. The van der Waals surface area contributed by atoms with Gasteiger partial charge < -0.3 is 18.3 Å². The van der Waals surface area contributed by atoms with Crippen LogP contribution in [0.4, 0.5) is 5.69 Å². The molecule has 0 unspecified atom stereocenters. The molecule has 5 heterocycles. The molecule has 1 amide bonds. The Labute approximate surface area is 210 Å². The first-order valence-electron chi connectivity index (χ1n) is 12.2. The number of furan rings is 1. The maximum atomic E-state index is 13.4. The number of piperidine rings is 1. The summed E-state index contributed by atoms with van der Waals surface area (Å²) in [4.78, 5) is 51.3. The van der Waals surface area contributed by atoms with Crippen molar-refractivity contribution in [3.8, 4) is 0 Å². The molecule has 1 saturated heterocycles. The number of likely N-dealkylation sites (tertiary alicyclic amines) is 1. The average molecular weight is 504 g/mol. The Balaban J connectivity index is 1.32. The number of aryl methyl sites for hydroxylation is 3. The SMILES string of the molecule is Cc1coc2c(C)c3oc(=O)c(CC(=O)N4C[C@@H]5C[C@H](C4)c4ccc([N+](=O)[O-])c(=O)n4C5)c(C)c3cc12. The summed E-state index contributed by atoms with van der Waals surface area (Å²) in [7, 11) is 0. The van der Waals surface area contributed by atoms with Gasteiger partial charge >= 0.3 is 16.9 Å². The van der Waals surface area contributed by atoms with Gasteiger partial charge in [-0.25, -0.2) is 4.79 Å². The summed E-state index contributed by atoms with van der Waals surface area (Å²) in [6.07, 6.45) is 2.39. The van der Waals surface area contributed by atoms with E-state index in [1.165, 1.54) is 10.6 Å². The van der Waals surface area contributed by atoms with Gasteiger partial charge in [0.2, 0.25) is 5.91 Å². The molecule has 0 N–H and O–H groups in total. The molecule has 4 aromatic rings. The second kappa shape index (κ2) is 8.16. The third-order valence-electron chi connectivity index (χ3n) is 8.00. The Hall–Kier alpha value is -4.21. The number of benzene rings is 1. The molecule has 2 aliphatic heterocycles. The van der Waals surface area contributed by atoms with E-state index in [2.05, 4.69) is 0 Å². The van der Waals surface area contributed by atoms with Crippen LogP contribution in [0.2, 0.25) is 0 Å². The molecular formula is C27H25N3O7. The van der Waals surface area contributed by atoms with Gasteiger partial charge in [-0.05, 0) is 56.4 Å². The first kappa shape index (κ1) is 23.2. The number of nitrogens with zero attached hydrogens (tertiary/aromatic N) is 3. The molecule has 10 nitrogen and oxygen atoms in total. The van der Waals surface area contributed by atoms with Crippen LogP contribution in [0, 0.1) is 36.8 Å². The molecule has 0 aliphatic carbocycles. The molecule has 0 radical (unpaired) electrons. The summed E-state index contributed by atoms with van der Waals surface area (Å²) >= 11 is 0. The number of nitro groups is 1. The Morgan fingerprint density at radius 3 is 2.62 bits per heavy atom. The second-order valence-corrected chi connectivity index (χ2v) is 10.3. The van der Waals surface area contributed by atoms with Gasteiger partial charge in [0.1, 0.15) is 11.2 Å². The summed E-state index contributed by atoms with van der Waals surface area (Å²) in [6.45, 7) is 6.78. The zero-order valence-corrected chi connectivity index (χ0v) is 20.7. The minimum absolute atomic E-state index is 0.00372. The number of rotatable bonds is 3. The summed E-state index contributed by atoms with van der Waals surface area (Å²) in [6, 6.07) is 4.82. The lowest BCUT2D eigenvalue weighted by atomic mass is 9.83. The number of pyridine rings is 1. The topological polar surface area (TPSA) is 129 Å². The number of fused-ring (bicyclic) bond motifs is 6. The van der Waals surface area contributed by atoms with Gasteiger partial charge in [-0.3, -0.25) is 19.7 Å². The van der Waals surface area contributed by atoms with E-state index in [1.54, 1.807) is 17.2 Å². The van der Waals surface area contributed by atoms with E-state index in [9.17, 15) is 24.5 Å². The van der Waals surface area contributed by atoms with Crippen molar-refractivity contribution in [1.82, 2.24) is 9.47 Å². The van der Waals surface area contributed by atoms with Crippen LogP contribution < -0.4 is 11.2 Å². The van der Waals surface area contributed by atoms with Crippen LogP contribution in [0.3, 0.4) is 0 Å². The van der Waals surface area contributed by atoms with Crippen molar-refractivity contribution in [2.75, 3.05) is 13.1 Å². The number of carbonyl (C=O) groups is 1. The van der Waals surface area contributed by atoms with Crippen molar-refractivity contribution in [1.29, 1.82) is 0 Å². The number of carbonyl (C=O) groups excluding carboxylic acids is 1. The van der Waals surface area contributed by atoms with E-state index in [4.69, 9.17) is 8.83 Å². The van der Waals surface area contributed by atoms with E-state index in [0.717, 1.165) is 28.3 Å². The van der Waals surface area contributed by atoms with Gasteiger partial charge in [-0.1, -0.05) is 0 Å². The Bertz CT molecular complexity index is 1760. The van der Waals surface area contributed by atoms with Gasteiger partial charge in [0.15, 0.2) is 0 Å². The molecule has 0 saturated carbocycles. The van der Waals surface area contributed by atoms with Gasteiger partial charge in [-0.15, -0.1) is 0 Å². The molecule has 37 heavy (non-hydrogen) atoms. The first-order chi connectivity index (χ1) is 17.6. The lowest BCUT2D eigenvalue weighted by molar-refractivity contribution is -0.386. The lowest BCUT2D eigenvalue weighted by Crippen LogP contribution is -2.49. The maximum Gasteiger partial charge on any atom is 0.340 e. The Morgan fingerprint density at radius 1 is 1.08 bits per heavy atom. The predicted octanol–water partition coefficient (Wildman–Crippen LogP) is 3.72. The highest BCUT2D eigenvalue weighted by Gasteiger charge is 2.38. The molecule has 10 heteroatoms. The summed E-state index contributed by atoms with van der Waals surface area (Å²) in [5, 5.41) is 12.9. The van der Waals surface area contributed by atoms with Crippen molar-refractivity contribution in [2.24, 2.45) is 5.92 Å². The lowest BCUT2D eigenvalue weighted by Gasteiger charge is -2.42. The fraction of sp³-hybridized carbons (Fsp3) is 0.370. The van der Waals surface area contributed by atoms with Gasteiger partial charge in [0.05, 0.1) is 23.2 Å². The summed E-state index contributed by atoms with van der Waals surface area (Å²) < 4.78 is 12.8. The summed E-state index contributed by atoms with van der Waals surface area (Å²) in [5.41, 5.74) is 3.06. The number of aromatic nitrogens is 1. The highest BCUT2D eigenvalue weighted by atomic mass is 16.6. The Kier molecular flexibility index (Phi) is 5.11. The monoisotopic (exact) mass is 503 g/mol. The van der Waals surface area contributed by atoms with Crippen molar-refractivity contribution in [2.45, 2.75) is 46.1 Å². The third-order valence-corrected chi connectivity index (χ3v) is 8.00. The number of hydrogen-bond donors (Lipinski definition) is 0. The number of hydrogen-bond acceptors (Lipinski definition) is 7. The normalized spacial score (nSPS) is 18.8. The molecule has 6 rings (SSSR count). The first-order valence-corrected chi connectivity index (χ1v) is 12.2. The van der Waals surface area contributed by atoms with Gasteiger partial charge in [0, 0.05) is 53.6 Å². The van der Waals surface area contributed by atoms with Crippen LogP contribution in [0.15, 0.2) is 42.9 Å². The Morgan fingerprint density at radius 2 is 1.86 bits per heavy atom. The van der Waals surface area contributed by atoms with E-state index >= 15 is 0 Å². The minimum Gasteiger partial charge on any atom is -0.464 e. The second-order valence-electron chi connectivity index (χ2n) is 10.3. The average Bonchev–Trinajstić information content (AvgIpc) is 3.23. The maximum absolute atomic E-state index is 13.4. The number of amides is 1. The van der Waals surface area contributed by atoms with Crippen LogP contribution in [0.1, 0.15) is 40.3 Å². The zero-order chi connectivity index (χ0) is 26.2. The zero-order valence-electron chi connectivity index (χ0n) is 20.7. The van der Waals surface area contributed by atoms with E-state index in [0.29, 0.717) is 47.6 Å². The smallest absolute Gasteiger partial charge is 0.340 e. The van der Waals surface area contributed by atoms with Crippen LogP contribution in [0.5, 0.6) is 0 Å². The third kappa shape index (κ3) is 3.50. The molecule has 2 atom stereocenters. The standard InChI is InChI=1S/C27H25N3O7/c1-13-12-36-24-15(3)25-19(7-18(13)24)14(2)20(27(33)37-25)8-23(31)28-9-16-6-17(11-28)21-4-5-22(30(34)35)26(32)29(21)10-16/h4-5,7,12,16-17H,6,8-11H2,1-3H3/t16-,17+/m0/s1. The fourth-order valence-electron chi connectivity index (χ4n) is 6.06. The van der Waals surface area contributed by atoms with E-state index in [1.807, 2.05) is 26.8 Å². The molecule has 3 aromatic heterocycles. The molecule has 2 bridgehead atoms.